The van der Waals surface area contributed by atoms with E-state index in [1.807, 2.05) is 41.7 Å². The molecule has 1 atom stereocenters. The zero-order chi connectivity index (χ0) is 17.2. The fourth-order valence-electron chi connectivity index (χ4n) is 3.46. The Balaban J connectivity index is 1.35. The summed E-state index contributed by atoms with van der Waals surface area (Å²) in [4.78, 5) is 7.17. The van der Waals surface area contributed by atoms with Crippen molar-refractivity contribution in [2.45, 2.75) is 24.9 Å². The maximum Gasteiger partial charge on any atom is 0.0970 e. The zero-order valence-corrected chi connectivity index (χ0v) is 15.5. The smallest absolute Gasteiger partial charge is 0.0970 e. The lowest BCUT2D eigenvalue weighted by Crippen LogP contribution is -2.36. The van der Waals surface area contributed by atoms with E-state index in [0.29, 0.717) is 17.5 Å². The number of piperidine rings is 1. The standard InChI is InChI=1S/C20H21ClN2OS/c21-16-7-5-14(6-8-16)18(24)13-23-11-9-15(10-12-23)20-22-17-3-1-2-4-19(17)25-20/h1-8,15,18,24H,9-13H2. The highest BCUT2D eigenvalue weighted by Gasteiger charge is 2.24. The highest BCUT2D eigenvalue weighted by Crippen LogP contribution is 2.34. The summed E-state index contributed by atoms with van der Waals surface area (Å²) in [5.74, 6) is 0.543. The third-order valence-corrected chi connectivity index (χ3v) is 6.38. The second-order valence-corrected chi connectivity index (χ2v) is 8.16. The van der Waals surface area contributed by atoms with Crippen molar-refractivity contribution in [3.63, 3.8) is 0 Å². The number of halogens is 1. The molecule has 0 spiro atoms. The number of aromatic nitrogens is 1. The van der Waals surface area contributed by atoms with Crippen LogP contribution < -0.4 is 0 Å². The molecule has 2 heterocycles. The van der Waals surface area contributed by atoms with Crippen LogP contribution >= 0.6 is 22.9 Å². The fourth-order valence-corrected chi connectivity index (χ4v) is 4.72. The molecule has 1 aliphatic rings. The van der Waals surface area contributed by atoms with E-state index in [2.05, 4.69) is 23.1 Å². The van der Waals surface area contributed by atoms with E-state index < -0.39 is 6.10 Å². The average Bonchev–Trinajstić information content (AvgIpc) is 3.07. The second-order valence-electron chi connectivity index (χ2n) is 6.66. The lowest BCUT2D eigenvalue weighted by atomic mass is 9.97. The lowest BCUT2D eigenvalue weighted by Gasteiger charge is -2.32. The summed E-state index contributed by atoms with van der Waals surface area (Å²) in [5, 5.41) is 12.4. The van der Waals surface area contributed by atoms with Crippen molar-refractivity contribution in [2.24, 2.45) is 0 Å². The molecule has 4 rings (SSSR count). The Morgan fingerprint density at radius 2 is 1.84 bits per heavy atom. The number of thiazole rings is 1. The summed E-state index contributed by atoms with van der Waals surface area (Å²) < 4.78 is 1.28. The van der Waals surface area contributed by atoms with Crippen molar-refractivity contribution in [2.75, 3.05) is 19.6 Å². The number of rotatable bonds is 4. The predicted molar refractivity (Wildman–Crippen MR) is 104 cm³/mol. The minimum absolute atomic E-state index is 0.462. The highest BCUT2D eigenvalue weighted by molar-refractivity contribution is 7.18. The van der Waals surface area contributed by atoms with Crippen LogP contribution in [0, 0.1) is 0 Å². The molecule has 0 amide bonds. The van der Waals surface area contributed by atoms with Crippen LogP contribution in [0.1, 0.15) is 35.4 Å². The van der Waals surface area contributed by atoms with Gasteiger partial charge < -0.3 is 10.0 Å². The van der Waals surface area contributed by atoms with Gasteiger partial charge in [-0.3, -0.25) is 0 Å². The first-order chi connectivity index (χ1) is 12.2. The van der Waals surface area contributed by atoms with Gasteiger partial charge in [-0.25, -0.2) is 4.98 Å². The van der Waals surface area contributed by atoms with Crippen LogP contribution in [0.4, 0.5) is 0 Å². The summed E-state index contributed by atoms with van der Waals surface area (Å²) >= 11 is 7.74. The first-order valence-corrected chi connectivity index (χ1v) is 9.90. The molecular formula is C20H21ClN2OS. The van der Waals surface area contributed by atoms with Gasteiger partial charge in [0, 0.05) is 17.5 Å². The summed E-state index contributed by atoms with van der Waals surface area (Å²) in [6, 6.07) is 15.8. The number of β-amino-alcohol motifs (C(OH)–C–C–N with tert-alkyl or cyclic N) is 1. The Morgan fingerprint density at radius 3 is 2.56 bits per heavy atom. The van der Waals surface area contributed by atoms with Gasteiger partial charge in [-0.15, -0.1) is 11.3 Å². The van der Waals surface area contributed by atoms with Crippen molar-refractivity contribution < 1.29 is 5.11 Å². The van der Waals surface area contributed by atoms with Crippen LogP contribution in [-0.4, -0.2) is 34.6 Å². The lowest BCUT2D eigenvalue weighted by molar-refractivity contribution is 0.0972. The van der Waals surface area contributed by atoms with Gasteiger partial charge in [-0.2, -0.15) is 0 Å². The molecule has 1 aliphatic heterocycles. The maximum atomic E-state index is 10.4. The van der Waals surface area contributed by atoms with Gasteiger partial charge in [0.05, 0.1) is 21.3 Å². The summed E-state index contributed by atoms with van der Waals surface area (Å²) in [6.07, 6.45) is 1.75. The minimum atomic E-state index is -0.462. The number of hydrogen-bond acceptors (Lipinski definition) is 4. The molecule has 0 aliphatic carbocycles. The Kier molecular flexibility index (Phi) is 5.04. The van der Waals surface area contributed by atoms with Crippen molar-refractivity contribution >= 4 is 33.2 Å². The van der Waals surface area contributed by atoms with Gasteiger partial charge in [0.15, 0.2) is 0 Å². The van der Waals surface area contributed by atoms with Crippen LogP contribution in [0.2, 0.25) is 5.02 Å². The fraction of sp³-hybridized carbons (Fsp3) is 0.350. The third kappa shape index (κ3) is 3.87. The van der Waals surface area contributed by atoms with Gasteiger partial charge in [0.2, 0.25) is 0 Å². The number of aliphatic hydroxyl groups is 1. The van der Waals surface area contributed by atoms with Gasteiger partial charge in [-0.05, 0) is 55.8 Å². The van der Waals surface area contributed by atoms with Crippen LogP contribution in [0.15, 0.2) is 48.5 Å². The Labute approximate surface area is 156 Å². The first kappa shape index (κ1) is 17.0. The second kappa shape index (κ2) is 7.42. The first-order valence-electron chi connectivity index (χ1n) is 8.70. The van der Waals surface area contributed by atoms with E-state index in [4.69, 9.17) is 16.6 Å². The molecule has 25 heavy (non-hydrogen) atoms. The van der Waals surface area contributed by atoms with Crippen LogP contribution in [0.3, 0.4) is 0 Å². The molecule has 1 unspecified atom stereocenters. The van der Waals surface area contributed by atoms with E-state index in [1.54, 1.807) is 0 Å². The molecule has 1 aromatic heterocycles. The molecule has 5 heteroatoms. The largest absolute Gasteiger partial charge is 0.387 e. The molecule has 1 saturated heterocycles. The van der Waals surface area contributed by atoms with Crippen LogP contribution in [-0.2, 0) is 0 Å². The third-order valence-electron chi connectivity index (χ3n) is 4.93. The molecule has 2 aromatic carbocycles. The van der Waals surface area contributed by atoms with Gasteiger partial charge in [-0.1, -0.05) is 35.9 Å². The molecule has 130 valence electrons. The molecule has 0 saturated carbocycles. The molecule has 3 aromatic rings. The van der Waals surface area contributed by atoms with Gasteiger partial charge in [0.1, 0.15) is 0 Å². The van der Waals surface area contributed by atoms with Crippen LogP contribution in [0.25, 0.3) is 10.2 Å². The minimum Gasteiger partial charge on any atom is -0.387 e. The topological polar surface area (TPSA) is 36.4 Å². The van der Waals surface area contributed by atoms with Crippen LogP contribution in [0.5, 0.6) is 0 Å². The molecule has 0 bridgehead atoms. The number of aliphatic hydroxyl groups excluding tert-OH is 1. The average molecular weight is 373 g/mol. The van der Waals surface area contributed by atoms with Gasteiger partial charge >= 0.3 is 0 Å². The number of para-hydroxylation sites is 1. The van der Waals surface area contributed by atoms with Gasteiger partial charge in [0.25, 0.3) is 0 Å². The summed E-state index contributed by atoms with van der Waals surface area (Å²) in [7, 11) is 0. The Hall–Kier alpha value is -1.46. The van der Waals surface area contributed by atoms with E-state index in [9.17, 15) is 5.11 Å². The number of hydrogen-bond donors (Lipinski definition) is 1. The monoisotopic (exact) mass is 372 g/mol. The molecule has 1 fully saturated rings. The number of nitrogens with zero attached hydrogens (tertiary/aromatic N) is 2. The highest BCUT2D eigenvalue weighted by atomic mass is 35.5. The molecule has 1 N–H and O–H groups in total. The number of benzene rings is 2. The van der Waals surface area contributed by atoms with Crippen molar-refractivity contribution in [3.8, 4) is 0 Å². The molecular weight excluding hydrogens is 352 g/mol. The maximum absolute atomic E-state index is 10.4. The van der Waals surface area contributed by atoms with E-state index in [-0.39, 0.29) is 0 Å². The summed E-state index contributed by atoms with van der Waals surface area (Å²) in [5.41, 5.74) is 2.04. The van der Waals surface area contributed by atoms with Crippen molar-refractivity contribution in [1.82, 2.24) is 9.88 Å². The number of fused-ring (bicyclic) bond motifs is 1. The van der Waals surface area contributed by atoms with Crippen molar-refractivity contribution in [1.29, 1.82) is 0 Å². The summed E-state index contributed by atoms with van der Waals surface area (Å²) in [6.45, 7) is 2.69. The van der Waals surface area contributed by atoms with E-state index in [0.717, 1.165) is 37.0 Å². The predicted octanol–water partition coefficient (Wildman–Crippen LogP) is 4.86. The SMILES string of the molecule is OC(CN1CCC(c2nc3ccccc3s2)CC1)c1ccc(Cl)cc1. The van der Waals surface area contributed by atoms with E-state index in [1.165, 1.54) is 9.71 Å². The quantitative estimate of drug-likeness (QED) is 0.710. The Morgan fingerprint density at radius 1 is 1.12 bits per heavy atom. The number of likely N-dealkylation sites (tertiary alicyclic amines) is 1. The van der Waals surface area contributed by atoms with Crippen molar-refractivity contribution in [3.05, 3.63) is 64.1 Å². The zero-order valence-electron chi connectivity index (χ0n) is 13.9. The molecule has 0 radical (unpaired) electrons. The Bertz CT molecular complexity index is 807. The molecule has 3 nitrogen and oxygen atoms in total. The van der Waals surface area contributed by atoms with E-state index >= 15 is 0 Å². The normalized spacial score (nSPS) is 17.8.